The van der Waals surface area contributed by atoms with Crippen molar-refractivity contribution in [1.82, 2.24) is 19.7 Å². The summed E-state index contributed by atoms with van der Waals surface area (Å²) in [4.78, 5) is 23.2. The van der Waals surface area contributed by atoms with Crippen LogP contribution in [0.15, 0.2) is 36.9 Å². The molecule has 156 valence electrons. The van der Waals surface area contributed by atoms with Crippen molar-refractivity contribution < 1.29 is 18.3 Å². The van der Waals surface area contributed by atoms with Crippen LogP contribution in [0.1, 0.15) is 42.4 Å². The highest BCUT2D eigenvalue weighted by molar-refractivity contribution is 6.10. The maximum Gasteiger partial charge on any atom is 0.387 e. The summed E-state index contributed by atoms with van der Waals surface area (Å²) in [5.41, 5.74) is 3.50. The molecule has 0 aromatic carbocycles. The highest BCUT2D eigenvalue weighted by Crippen LogP contribution is 2.33. The number of halogens is 2. The molecule has 1 aliphatic rings. The van der Waals surface area contributed by atoms with Gasteiger partial charge in [-0.15, -0.1) is 0 Å². The van der Waals surface area contributed by atoms with Crippen LogP contribution >= 0.6 is 0 Å². The van der Waals surface area contributed by atoms with Crippen LogP contribution in [0, 0.1) is 6.92 Å². The lowest BCUT2D eigenvalue weighted by molar-refractivity contribution is -0.0500. The second kappa shape index (κ2) is 7.16. The zero-order chi connectivity index (χ0) is 21.6. The van der Waals surface area contributed by atoms with Crippen molar-refractivity contribution in [2.45, 2.75) is 46.4 Å². The molecule has 9 heteroatoms. The number of rotatable bonds is 4. The van der Waals surface area contributed by atoms with Crippen molar-refractivity contribution in [2.24, 2.45) is 0 Å². The minimum absolute atomic E-state index is 0.0465. The summed E-state index contributed by atoms with van der Waals surface area (Å²) in [7, 11) is 0. The molecule has 4 heterocycles. The number of anilines is 1. The first-order chi connectivity index (χ1) is 14.1. The van der Waals surface area contributed by atoms with Gasteiger partial charge < -0.3 is 4.74 Å². The number of carbonyl (C=O) groups is 1. The van der Waals surface area contributed by atoms with Gasteiger partial charge in [0.25, 0.3) is 5.91 Å². The first kappa shape index (κ1) is 19.9. The minimum atomic E-state index is -2.93. The van der Waals surface area contributed by atoms with Crippen LogP contribution in [0.2, 0.25) is 0 Å². The van der Waals surface area contributed by atoms with Gasteiger partial charge in [-0.05, 0) is 45.4 Å². The average Bonchev–Trinajstić information content (AvgIpc) is 3.26. The molecule has 0 unspecified atom stereocenters. The Bertz CT molecular complexity index is 1120. The highest BCUT2D eigenvalue weighted by Gasteiger charge is 2.33. The van der Waals surface area contributed by atoms with Crippen LogP contribution in [-0.4, -0.2) is 32.3 Å². The minimum Gasteiger partial charge on any atom is -0.433 e. The van der Waals surface area contributed by atoms with Gasteiger partial charge in [0, 0.05) is 18.0 Å². The monoisotopic (exact) mass is 413 g/mol. The Hall–Kier alpha value is -3.36. The molecule has 3 aromatic heterocycles. The molecular weight excluding hydrogens is 392 g/mol. The number of aryl methyl sites for hydroxylation is 1. The smallest absolute Gasteiger partial charge is 0.387 e. The van der Waals surface area contributed by atoms with Gasteiger partial charge in [0.1, 0.15) is 5.75 Å². The topological polar surface area (TPSA) is 73.1 Å². The maximum absolute atomic E-state index is 13.0. The van der Waals surface area contributed by atoms with E-state index in [4.69, 9.17) is 0 Å². The summed E-state index contributed by atoms with van der Waals surface area (Å²) in [6.07, 6.45) is 6.25. The van der Waals surface area contributed by atoms with E-state index in [0.29, 0.717) is 34.7 Å². The van der Waals surface area contributed by atoms with Gasteiger partial charge in [-0.2, -0.15) is 13.9 Å². The molecule has 4 rings (SSSR count). The van der Waals surface area contributed by atoms with Gasteiger partial charge >= 0.3 is 6.61 Å². The predicted octanol–water partition coefficient (Wildman–Crippen LogP) is 4.17. The molecule has 0 atom stereocenters. The molecule has 30 heavy (non-hydrogen) atoms. The molecule has 0 radical (unpaired) electrons. The van der Waals surface area contributed by atoms with Crippen molar-refractivity contribution >= 4 is 11.6 Å². The van der Waals surface area contributed by atoms with E-state index in [1.54, 1.807) is 17.2 Å². The fourth-order valence-corrected chi connectivity index (χ4v) is 3.40. The van der Waals surface area contributed by atoms with E-state index in [1.165, 1.54) is 18.5 Å². The Balaban J connectivity index is 1.67. The third-order valence-corrected chi connectivity index (χ3v) is 4.86. The van der Waals surface area contributed by atoms with Crippen LogP contribution in [0.25, 0.3) is 11.3 Å². The van der Waals surface area contributed by atoms with E-state index >= 15 is 0 Å². The molecular formula is C21H21F2N5O2. The number of ether oxygens (including phenoxy) is 1. The normalized spacial score (nSPS) is 13.8. The first-order valence-electron chi connectivity index (χ1n) is 9.41. The molecule has 1 amide bonds. The molecule has 0 bridgehead atoms. The van der Waals surface area contributed by atoms with Crippen LogP contribution in [0.5, 0.6) is 5.75 Å². The number of aromatic nitrogens is 4. The number of alkyl halides is 2. The second-order valence-corrected chi connectivity index (χ2v) is 8.14. The zero-order valence-corrected chi connectivity index (χ0v) is 17.1. The van der Waals surface area contributed by atoms with Crippen molar-refractivity contribution in [3.8, 4) is 17.0 Å². The van der Waals surface area contributed by atoms with E-state index in [2.05, 4.69) is 19.8 Å². The lowest BCUT2D eigenvalue weighted by Crippen LogP contribution is -2.24. The Morgan fingerprint density at radius 3 is 2.60 bits per heavy atom. The van der Waals surface area contributed by atoms with E-state index in [1.807, 2.05) is 38.6 Å². The summed E-state index contributed by atoms with van der Waals surface area (Å²) in [6.45, 7) is 5.29. The van der Waals surface area contributed by atoms with Crippen molar-refractivity contribution in [2.75, 3.05) is 4.90 Å². The van der Waals surface area contributed by atoms with Gasteiger partial charge in [0.05, 0.1) is 47.1 Å². The molecule has 7 nitrogen and oxygen atoms in total. The Morgan fingerprint density at radius 2 is 1.93 bits per heavy atom. The molecule has 1 aliphatic heterocycles. The van der Waals surface area contributed by atoms with Crippen molar-refractivity contribution in [3.63, 3.8) is 0 Å². The molecule has 0 saturated heterocycles. The number of nitrogens with zero attached hydrogens (tertiary/aromatic N) is 5. The lowest BCUT2D eigenvalue weighted by Gasteiger charge is -2.19. The van der Waals surface area contributed by atoms with Gasteiger partial charge in [0.2, 0.25) is 0 Å². The fourth-order valence-electron chi connectivity index (χ4n) is 3.40. The number of fused-ring (bicyclic) bond motifs is 1. The number of hydrogen-bond acceptors (Lipinski definition) is 5. The standard InChI is InChI=1S/C21H21F2N5O2/c1-12-5-16(13-6-15(9-24-7-13)30-20(22)23)26-17-11-27(19(29)18(12)17)14-8-25-28(10-14)21(2,3)4/h5-10,20H,11H2,1-4H3. The lowest BCUT2D eigenvalue weighted by atomic mass is 10.1. The third kappa shape index (κ3) is 3.62. The number of carbonyl (C=O) groups excluding carboxylic acids is 1. The summed E-state index contributed by atoms with van der Waals surface area (Å²) >= 11 is 0. The van der Waals surface area contributed by atoms with Gasteiger partial charge in [-0.25, -0.2) is 0 Å². The molecule has 0 fully saturated rings. The van der Waals surface area contributed by atoms with E-state index in [0.717, 1.165) is 5.56 Å². The molecule has 0 N–H and O–H groups in total. The van der Waals surface area contributed by atoms with Gasteiger partial charge in [-0.1, -0.05) is 0 Å². The maximum atomic E-state index is 13.0. The van der Waals surface area contributed by atoms with Crippen LogP contribution in [0.4, 0.5) is 14.5 Å². The summed E-state index contributed by atoms with van der Waals surface area (Å²) in [5, 5.41) is 4.37. The Labute approximate surface area is 172 Å². The molecule has 0 spiro atoms. The zero-order valence-electron chi connectivity index (χ0n) is 17.1. The highest BCUT2D eigenvalue weighted by atomic mass is 19.3. The molecule has 0 aliphatic carbocycles. The fraction of sp³-hybridized carbons (Fsp3) is 0.333. The summed E-state index contributed by atoms with van der Waals surface area (Å²) in [5.74, 6) is -0.183. The Kier molecular flexibility index (Phi) is 4.76. The largest absolute Gasteiger partial charge is 0.433 e. The first-order valence-corrected chi connectivity index (χ1v) is 9.41. The quantitative estimate of drug-likeness (QED) is 0.642. The number of amides is 1. The van der Waals surface area contributed by atoms with E-state index < -0.39 is 6.61 Å². The van der Waals surface area contributed by atoms with Crippen molar-refractivity contribution in [3.05, 3.63) is 53.7 Å². The van der Waals surface area contributed by atoms with Crippen LogP contribution in [-0.2, 0) is 12.1 Å². The van der Waals surface area contributed by atoms with E-state index in [9.17, 15) is 13.6 Å². The summed E-state index contributed by atoms with van der Waals surface area (Å²) < 4.78 is 31.2. The van der Waals surface area contributed by atoms with E-state index in [-0.39, 0.29) is 17.2 Å². The van der Waals surface area contributed by atoms with Crippen molar-refractivity contribution in [1.29, 1.82) is 0 Å². The third-order valence-electron chi connectivity index (χ3n) is 4.86. The second-order valence-electron chi connectivity index (χ2n) is 8.14. The molecule has 3 aromatic rings. The Morgan fingerprint density at radius 1 is 1.17 bits per heavy atom. The van der Waals surface area contributed by atoms with Gasteiger partial charge in [-0.3, -0.25) is 24.3 Å². The van der Waals surface area contributed by atoms with Crippen LogP contribution in [0.3, 0.4) is 0 Å². The summed E-state index contributed by atoms with van der Waals surface area (Å²) in [6, 6.07) is 3.21. The number of pyridine rings is 2. The molecule has 0 saturated carbocycles. The van der Waals surface area contributed by atoms with Crippen LogP contribution < -0.4 is 9.64 Å². The van der Waals surface area contributed by atoms with Gasteiger partial charge in [0.15, 0.2) is 0 Å². The predicted molar refractivity (Wildman–Crippen MR) is 107 cm³/mol. The average molecular weight is 413 g/mol. The SMILES string of the molecule is Cc1cc(-c2cncc(OC(F)F)c2)nc2c1C(=O)N(c1cnn(C(C)(C)C)c1)C2. The number of hydrogen-bond donors (Lipinski definition) is 0.